The third-order valence-electron chi connectivity index (χ3n) is 2.94. The first kappa shape index (κ1) is 16.3. The molecule has 0 aliphatic carbocycles. The second-order valence-corrected chi connectivity index (χ2v) is 6.15. The van der Waals surface area contributed by atoms with Crippen molar-refractivity contribution in [1.82, 2.24) is 4.31 Å². The lowest BCUT2D eigenvalue weighted by Gasteiger charge is -2.19. The molecule has 0 aromatic heterocycles. The van der Waals surface area contributed by atoms with Gasteiger partial charge in [0.1, 0.15) is 0 Å². The Balaban J connectivity index is 3.14. The van der Waals surface area contributed by atoms with E-state index < -0.39 is 10.0 Å². The number of carbonyl (C=O) groups excluding carboxylic acids is 1. The Morgan fingerprint density at radius 1 is 1.35 bits per heavy atom. The average Bonchev–Trinajstić information content (AvgIpc) is 2.47. The Kier molecular flexibility index (Phi) is 5.86. The van der Waals surface area contributed by atoms with Gasteiger partial charge in [0.2, 0.25) is 10.0 Å². The molecule has 0 radical (unpaired) electrons. The highest BCUT2D eigenvalue weighted by Gasteiger charge is 2.23. The number of Topliss-reactive ketones (excluding diaryl/α,β-unsaturated/α-hetero) is 1. The van der Waals surface area contributed by atoms with E-state index in [1.165, 1.54) is 16.4 Å². The van der Waals surface area contributed by atoms with Crippen molar-refractivity contribution in [2.45, 2.75) is 31.6 Å². The van der Waals surface area contributed by atoms with Crippen molar-refractivity contribution >= 4 is 15.8 Å². The summed E-state index contributed by atoms with van der Waals surface area (Å²) in [6.07, 6.45) is 0.468. The Hall–Kier alpha value is -1.71. The van der Waals surface area contributed by atoms with E-state index in [9.17, 15) is 13.2 Å². The first-order chi connectivity index (χ1) is 9.47. The first-order valence-corrected chi connectivity index (χ1v) is 7.91. The molecule has 0 aliphatic heterocycles. The van der Waals surface area contributed by atoms with Crippen LogP contribution in [0.5, 0.6) is 0 Å². The summed E-state index contributed by atoms with van der Waals surface area (Å²) in [4.78, 5) is 11.7. The molecule has 0 N–H and O–H groups in total. The monoisotopic (exact) mass is 294 g/mol. The molecule has 0 atom stereocenters. The Bertz CT molecular complexity index is 618. The third-order valence-corrected chi connectivity index (χ3v) is 4.91. The van der Waals surface area contributed by atoms with Crippen LogP contribution < -0.4 is 0 Å². The topological polar surface area (TPSA) is 78.2 Å². The number of hydrogen-bond donors (Lipinski definition) is 0. The van der Waals surface area contributed by atoms with Crippen LogP contribution in [0.15, 0.2) is 29.2 Å². The number of carbonyl (C=O) groups is 1. The van der Waals surface area contributed by atoms with Crippen LogP contribution in [0.1, 0.15) is 37.0 Å². The molecular weight excluding hydrogens is 276 g/mol. The fourth-order valence-corrected chi connectivity index (χ4v) is 3.30. The van der Waals surface area contributed by atoms with Crippen molar-refractivity contribution < 1.29 is 13.2 Å². The van der Waals surface area contributed by atoms with Crippen LogP contribution in [-0.2, 0) is 10.0 Å². The van der Waals surface area contributed by atoms with Gasteiger partial charge >= 0.3 is 0 Å². The summed E-state index contributed by atoms with van der Waals surface area (Å²) in [5.74, 6) is -0.0953. The molecule has 1 aromatic rings. The second kappa shape index (κ2) is 7.17. The van der Waals surface area contributed by atoms with Gasteiger partial charge in [-0.1, -0.05) is 26.0 Å². The van der Waals surface area contributed by atoms with Crippen LogP contribution in [0.25, 0.3) is 0 Å². The van der Waals surface area contributed by atoms with E-state index in [4.69, 9.17) is 5.26 Å². The van der Waals surface area contributed by atoms with E-state index in [1.807, 2.05) is 6.07 Å². The van der Waals surface area contributed by atoms with Crippen LogP contribution in [-0.4, -0.2) is 31.6 Å². The first-order valence-electron chi connectivity index (χ1n) is 6.47. The summed E-state index contributed by atoms with van der Waals surface area (Å²) in [7, 11) is -3.66. The molecule has 0 fully saturated rings. The van der Waals surface area contributed by atoms with E-state index in [0.29, 0.717) is 12.0 Å². The number of rotatable bonds is 7. The molecule has 6 heteroatoms. The van der Waals surface area contributed by atoms with Gasteiger partial charge in [0.05, 0.1) is 11.0 Å². The number of sulfonamides is 1. The summed E-state index contributed by atoms with van der Waals surface area (Å²) >= 11 is 0. The lowest BCUT2D eigenvalue weighted by Crippen LogP contribution is -2.31. The maximum Gasteiger partial charge on any atom is 0.243 e. The van der Waals surface area contributed by atoms with Gasteiger partial charge < -0.3 is 0 Å². The number of nitriles is 1. The molecule has 0 spiro atoms. The molecule has 1 rings (SSSR count). The molecule has 1 aromatic carbocycles. The average molecular weight is 294 g/mol. The van der Waals surface area contributed by atoms with Crippen LogP contribution in [0, 0.1) is 11.3 Å². The zero-order valence-electron chi connectivity index (χ0n) is 11.7. The lowest BCUT2D eigenvalue weighted by molar-refractivity contribution is 0.0988. The quantitative estimate of drug-likeness (QED) is 0.722. The van der Waals surface area contributed by atoms with Gasteiger partial charge in [-0.25, -0.2) is 8.42 Å². The highest BCUT2D eigenvalue weighted by Crippen LogP contribution is 2.18. The highest BCUT2D eigenvalue weighted by atomic mass is 32.2. The maximum atomic E-state index is 12.4. The zero-order valence-corrected chi connectivity index (χ0v) is 12.5. The maximum absolute atomic E-state index is 12.4. The standard InChI is InChI=1S/C14H18N2O3S/c1-3-14(17)12-7-5-8-13(11-12)20(18,19)16(4-2)10-6-9-15/h5,7-8,11H,3-4,6,10H2,1-2H3. The Morgan fingerprint density at radius 3 is 2.60 bits per heavy atom. The van der Waals surface area contributed by atoms with Gasteiger partial charge in [0.15, 0.2) is 5.78 Å². The van der Waals surface area contributed by atoms with Gasteiger partial charge in [0, 0.05) is 31.5 Å². The van der Waals surface area contributed by atoms with E-state index >= 15 is 0 Å². The van der Waals surface area contributed by atoms with Crippen LogP contribution in [0.2, 0.25) is 0 Å². The predicted octanol–water partition coefficient (Wildman–Crippen LogP) is 2.20. The molecule has 20 heavy (non-hydrogen) atoms. The highest BCUT2D eigenvalue weighted by molar-refractivity contribution is 7.89. The summed E-state index contributed by atoms with van der Waals surface area (Å²) in [6.45, 7) is 3.89. The van der Waals surface area contributed by atoms with E-state index in [1.54, 1.807) is 26.0 Å². The molecule has 0 saturated carbocycles. The number of ketones is 1. The van der Waals surface area contributed by atoms with Gasteiger partial charge in [-0.3, -0.25) is 4.79 Å². The van der Waals surface area contributed by atoms with Crippen molar-refractivity contribution in [2.75, 3.05) is 13.1 Å². The van der Waals surface area contributed by atoms with Crippen molar-refractivity contribution in [3.8, 4) is 6.07 Å². The normalized spacial score (nSPS) is 11.3. The zero-order chi connectivity index (χ0) is 15.2. The second-order valence-electron chi connectivity index (χ2n) is 4.21. The molecule has 108 valence electrons. The van der Waals surface area contributed by atoms with E-state index in [0.717, 1.165) is 0 Å². The minimum atomic E-state index is -3.66. The molecule has 0 heterocycles. The molecule has 5 nitrogen and oxygen atoms in total. The molecular formula is C14H18N2O3S. The SMILES string of the molecule is CCC(=O)c1cccc(S(=O)(=O)N(CC)CCC#N)c1. The van der Waals surface area contributed by atoms with Crippen LogP contribution in [0.3, 0.4) is 0 Å². The number of benzene rings is 1. The molecule has 0 saturated heterocycles. The van der Waals surface area contributed by atoms with Gasteiger partial charge in [-0.05, 0) is 12.1 Å². The smallest absolute Gasteiger partial charge is 0.243 e. The van der Waals surface area contributed by atoms with Crippen LogP contribution in [0.4, 0.5) is 0 Å². The summed E-state index contributed by atoms with van der Waals surface area (Å²) < 4.78 is 26.1. The summed E-state index contributed by atoms with van der Waals surface area (Å²) in [5, 5.41) is 8.58. The Labute approximate surface area is 119 Å². The van der Waals surface area contributed by atoms with Crippen LogP contribution >= 0.6 is 0 Å². The molecule has 0 unspecified atom stereocenters. The molecule has 0 bridgehead atoms. The summed E-state index contributed by atoms with van der Waals surface area (Å²) in [5.41, 5.74) is 0.393. The predicted molar refractivity (Wildman–Crippen MR) is 75.7 cm³/mol. The fourth-order valence-electron chi connectivity index (χ4n) is 1.81. The minimum absolute atomic E-state index is 0.0941. The third kappa shape index (κ3) is 3.65. The molecule has 0 amide bonds. The molecule has 0 aliphatic rings. The van der Waals surface area contributed by atoms with E-state index in [-0.39, 0.29) is 30.2 Å². The summed E-state index contributed by atoms with van der Waals surface area (Å²) in [6, 6.07) is 7.97. The number of hydrogen-bond acceptors (Lipinski definition) is 4. The van der Waals surface area contributed by atoms with Gasteiger partial charge in [0.25, 0.3) is 0 Å². The largest absolute Gasteiger partial charge is 0.294 e. The van der Waals surface area contributed by atoms with E-state index in [2.05, 4.69) is 0 Å². The minimum Gasteiger partial charge on any atom is -0.294 e. The van der Waals surface area contributed by atoms with Gasteiger partial charge in [-0.2, -0.15) is 9.57 Å². The van der Waals surface area contributed by atoms with Gasteiger partial charge in [-0.15, -0.1) is 0 Å². The lowest BCUT2D eigenvalue weighted by atomic mass is 10.1. The van der Waals surface area contributed by atoms with Crippen molar-refractivity contribution in [3.63, 3.8) is 0 Å². The van der Waals surface area contributed by atoms with Crippen molar-refractivity contribution in [3.05, 3.63) is 29.8 Å². The number of nitrogens with zero attached hydrogens (tertiary/aromatic N) is 2. The van der Waals surface area contributed by atoms with Crippen molar-refractivity contribution in [1.29, 1.82) is 5.26 Å². The van der Waals surface area contributed by atoms with Crippen molar-refractivity contribution in [2.24, 2.45) is 0 Å². The fraction of sp³-hybridized carbons (Fsp3) is 0.429. The Morgan fingerprint density at radius 2 is 2.05 bits per heavy atom.